The Balaban J connectivity index is 1.42. The highest BCUT2D eigenvalue weighted by molar-refractivity contribution is 5.82. The van der Waals surface area contributed by atoms with Gasteiger partial charge in [0.05, 0.1) is 6.54 Å². The number of hydrazine groups is 1. The first-order valence-electron chi connectivity index (χ1n) is 10.1. The van der Waals surface area contributed by atoms with Crippen molar-refractivity contribution in [1.82, 2.24) is 10.4 Å². The van der Waals surface area contributed by atoms with Crippen LogP contribution in [-0.2, 0) is 4.79 Å². The number of rotatable bonds is 7. The van der Waals surface area contributed by atoms with Crippen molar-refractivity contribution in [3.63, 3.8) is 0 Å². The predicted octanol–water partition coefficient (Wildman–Crippen LogP) is 2.86. The Morgan fingerprint density at radius 2 is 2.21 bits per heavy atom. The largest absolute Gasteiger partial charge is 0.492 e. The molecule has 6 heteroatoms. The van der Waals surface area contributed by atoms with Gasteiger partial charge in [-0.25, -0.2) is 0 Å². The zero-order chi connectivity index (χ0) is 19.7. The van der Waals surface area contributed by atoms with Crippen molar-refractivity contribution in [3.05, 3.63) is 41.6 Å². The van der Waals surface area contributed by atoms with Crippen LogP contribution < -0.4 is 20.6 Å². The molecule has 1 aliphatic carbocycles. The lowest BCUT2D eigenvalue weighted by Gasteiger charge is -2.31. The van der Waals surface area contributed by atoms with E-state index >= 15 is 0 Å². The van der Waals surface area contributed by atoms with Gasteiger partial charge in [0.25, 0.3) is 0 Å². The van der Waals surface area contributed by atoms with Crippen LogP contribution in [0.5, 0.6) is 11.5 Å². The third-order valence-electron chi connectivity index (χ3n) is 5.27. The Kier molecular flexibility index (Phi) is 5.31. The molecule has 0 saturated heterocycles. The van der Waals surface area contributed by atoms with E-state index in [1.807, 2.05) is 35.5 Å². The second-order valence-electron chi connectivity index (χ2n) is 8.35. The number of carbonyl (C=O) groups excluding carboxylic acids is 1. The van der Waals surface area contributed by atoms with Crippen molar-refractivity contribution in [2.75, 3.05) is 19.8 Å². The van der Waals surface area contributed by atoms with Crippen LogP contribution in [0.3, 0.4) is 0 Å². The second kappa shape index (κ2) is 7.87. The summed E-state index contributed by atoms with van der Waals surface area (Å²) in [6, 6.07) is 5.96. The monoisotopic (exact) mass is 383 g/mol. The molecule has 6 nitrogen and oxygen atoms in total. The van der Waals surface area contributed by atoms with Gasteiger partial charge < -0.3 is 15.2 Å². The van der Waals surface area contributed by atoms with E-state index in [1.165, 1.54) is 5.57 Å². The minimum Gasteiger partial charge on any atom is -0.492 e. The first-order valence-corrected chi connectivity index (χ1v) is 10.1. The minimum absolute atomic E-state index is 0.0263. The predicted molar refractivity (Wildman–Crippen MR) is 108 cm³/mol. The summed E-state index contributed by atoms with van der Waals surface area (Å²) in [6.45, 7) is 5.98. The highest BCUT2D eigenvalue weighted by atomic mass is 16.5. The molecular formula is C22H29N3O3. The molecule has 1 saturated carbocycles. The zero-order valence-electron chi connectivity index (χ0n) is 16.6. The average Bonchev–Trinajstić information content (AvgIpc) is 3.51. The Morgan fingerprint density at radius 1 is 1.39 bits per heavy atom. The van der Waals surface area contributed by atoms with Crippen molar-refractivity contribution in [1.29, 1.82) is 0 Å². The normalized spacial score (nSPS) is 19.1. The molecule has 0 radical (unpaired) electrons. The zero-order valence-corrected chi connectivity index (χ0v) is 16.6. The molecule has 0 bridgehead atoms. The van der Waals surface area contributed by atoms with Gasteiger partial charge >= 0.3 is 0 Å². The van der Waals surface area contributed by atoms with E-state index in [9.17, 15) is 4.79 Å². The van der Waals surface area contributed by atoms with E-state index in [-0.39, 0.29) is 17.9 Å². The van der Waals surface area contributed by atoms with Crippen LogP contribution >= 0.6 is 0 Å². The molecule has 1 atom stereocenters. The van der Waals surface area contributed by atoms with Gasteiger partial charge in [-0.3, -0.25) is 15.2 Å². The molecule has 3 N–H and O–H groups in total. The number of ether oxygens (including phenoxy) is 2. The topological polar surface area (TPSA) is 76.8 Å². The van der Waals surface area contributed by atoms with Crippen LogP contribution in [0.2, 0.25) is 0 Å². The molecule has 0 aromatic heterocycles. The number of hydrogen-bond acceptors (Lipinski definition) is 5. The van der Waals surface area contributed by atoms with Gasteiger partial charge in [0.15, 0.2) is 0 Å². The van der Waals surface area contributed by atoms with E-state index in [2.05, 4.69) is 19.3 Å². The second-order valence-corrected chi connectivity index (χ2v) is 8.35. The summed E-state index contributed by atoms with van der Waals surface area (Å²) in [5.74, 6) is 2.44. The van der Waals surface area contributed by atoms with Crippen LogP contribution in [0.4, 0.5) is 0 Å². The van der Waals surface area contributed by atoms with Gasteiger partial charge in [-0.05, 0) is 54.5 Å². The number of amides is 1. The quantitative estimate of drug-likeness (QED) is 0.757. The van der Waals surface area contributed by atoms with Crippen LogP contribution in [0, 0.1) is 11.8 Å². The first-order chi connectivity index (χ1) is 13.5. The van der Waals surface area contributed by atoms with Gasteiger partial charge in [0.1, 0.15) is 24.7 Å². The van der Waals surface area contributed by atoms with E-state index in [1.54, 1.807) is 0 Å². The minimum atomic E-state index is 0.0263. The lowest BCUT2D eigenvalue weighted by molar-refractivity contribution is -0.125. The molecule has 1 aromatic rings. The summed E-state index contributed by atoms with van der Waals surface area (Å²) in [6.07, 6.45) is 6.87. The number of hydrogen-bond donors (Lipinski definition) is 2. The molecule has 28 heavy (non-hydrogen) atoms. The van der Waals surface area contributed by atoms with Crippen LogP contribution in [-0.4, -0.2) is 36.7 Å². The molecule has 150 valence electrons. The summed E-state index contributed by atoms with van der Waals surface area (Å²) < 4.78 is 11.8. The molecule has 2 heterocycles. The maximum atomic E-state index is 12.1. The third-order valence-corrected chi connectivity index (χ3v) is 5.27. The van der Waals surface area contributed by atoms with Crippen molar-refractivity contribution in [2.45, 2.75) is 39.2 Å². The number of nitrogens with two attached hydrogens (primary N) is 1. The molecule has 0 spiro atoms. The van der Waals surface area contributed by atoms with Crippen LogP contribution in [0.25, 0.3) is 5.57 Å². The maximum absolute atomic E-state index is 12.1. The van der Waals surface area contributed by atoms with Gasteiger partial charge in [-0.1, -0.05) is 13.8 Å². The number of nitrogens with zero attached hydrogens (tertiary/aromatic N) is 1. The van der Waals surface area contributed by atoms with Crippen molar-refractivity contribution < 1.29 is 14.3 Å². The molecule has 4 rings (SSSR count). The summed E-state index contributed by atoms with van der Waals surface area (Å²) in [5, 5.41) is 1.87. The Bertz CT molecular complexity index is 811. The Labute approximate surface area is 166 Å². The Hall–Kier alpha value is -2.47. The standard InChI is InChI=1S/C22H29N3O3/c1-14(2)9-17(23)13-27-18-5-6-19-20-11-25(24-22(26)15-3-4-15)8-7-16(20)12-28-21(19)10-18/h5-8,10,14-15,17H,3-4,9,11-13,23H2,1-2H3,(H,24,26)/t17-/m0/s1. The number of fused-ring (bicyclic) bond motifs is 2. The van der Waals surface area contributed by atoms with Gasteiger partial charge in [0.2, 0.25) is 5.91 Å². The molecule has 3 aliphatic rings. The van der Waals surface area contributed by atoms with Crippen molar-refractivity contribution in [3.8, 4) is 11.5 Å². The highest BCUT2D eigenvalue weighted by Crippen LogP contribution is 2.38. The van der Waals surface area contributed by atoms with E-state index in [0.29, 0.717) is 25.7 Å². The number of carbonyl (C=O) groups is 1. The summed E-state index contributed by atoms with van der Waals surface area (Å²) >= 11 is 0. The SMILES string of the molecule is CC(C)C[C@H](N)COc1ccc2c(c1)OCC1=C2CN(NC(=O)C2CC2)C=C1. The smallest absolute Gasteiger partial charge is 0.241 e. The van der Waals surface area contributed by atoms with E-state index < -0.39 is 0 Å². The Morgan fingerprint density at radius 3 is 2.96 bits per heavy atom. The molecule has 1 amide bonds. The van der Waals surface area contributed by atoms with E-state index in [4.69, 9.17) is 15.2 Å². The lowest BCUT2D eigenvalue weighted by atomic mass is 9.95. The van der Waals surface area contributed by atoms with Crippen molar-refractivity contribution >= 4 is 11.5 Å². The fourth-order valence-corrected chi connectivity index (χ4v) is 3.65. The first kappa shape index (κ1) is 18.9. The van der Waals surface area contributed by atoms with Crippen LogP contribution in [0.1, 0.15) is 38.7 Å². The number of benzene rings is 1. The molecular weight excluding hydrogens is 354 g/mol. The summed E-state index contributed by atoms with van der Waals surface area (Å²) in [7, 11) is 0. The third kappa shape index (κ3) is 4.33. The fraction of sp³-hybridized carbons (Fsp3) is 0.500. The average molecular weight is 383 g/mol. The van der Waals surface area contributed by atoms with Gasteiger partial charge in [0, 0.05) is 29.8 Å². The van der Waals surface area contributed by atoms with Crippen molar-refractivity contribution in [2.24, 2.45) is 17.6 Å². The maximum Gasteiger partial charge on any atom is 0.241 e. The molecule has 0 unspecified atom stereocenters. The number of nitrogens with one attached hydrogen (secondary N) is 1. The fourth-order valence-electron chi connectivity index (χ4n) is 3.65. The summed E-state index contributed by atoms with van der Waals surface area (Å²) in [4.78, 5) is 12.1. The van der Waals surface area contributed by atoms with Gasteiger partial charge in [-0.15, -0.1) is 0 Å². The lowest BCUT2D eigenvalue weighted by Crippen LogP contribution is -2.42. The molecule has 1 aromatic carbocycles. The van der Waals surface area contributed by atoms with Crippen LogP contribution in [0.15, 0.2) is 36.0 Å². The molecule has 1 fully saturated rings. The van der Waals surface area contributed by atoms with E-state index in [0.717, 1.165) is 41.9 Å². The highest BCUT2D eigenvalue weighted by Gasteiger charge is 2.31. The summed E-state index contributed by atoms with van der Waals surface area (Å²) in [5.41, 5.74) is 12.5. The van der Waals surface area contributed by atoms with Gasteiger partial charge in [-0.2, -0.15) is 0 Å². The molecule has 2 aliphatic heterocycles.